The van der Waals surface area contributed by atoms with Gasteiger partial charge in [-0.1, -0.05) is 158 Å². The molecule has 0 amide bonds. The molecule has 0 unspecified atom stereocenters. The molecule has 0 aliphatic rings. The van der Waals surface area contributed by atoms with Gasteiger partial charge in [-0.15, -0.1) is 0 Å². The van der Waals surface area contributed by atoms with Crippen LogP contribution in [0.5, 0.6) is 0 Å². The summed E-state index contributed by atoms with van der Waals surface area (Å²) >= 11 is 0. The lowest BCUT2D eigenvalue weighted by atomic mass is 9.95. The summed E-state index contributed by atoms with van der Waals surface area (Å²) in [5.41, 5.74) is 4.14. The van der Waals surface area contributed by atoms with Gasteiger partial charge in [0.25, 0.3) is 0 Å². The third-order valence-corrected chi connectivity index (χ3v) is 16.7. The van der Waals surface area contributed by atoms with Gasteiger partial charge in [-0.05, 0) is 36.4 Å². The lowest BCUT2D eigenvalue weighted by Gasteiger charge is -2.27. The Morgan fingerprint density at radius 1 is 0.296 bits per heavy atom. The van der Waals surface area contributed by atoms with Gasteiger partial charge in [0.1, 0.15) is 22.3 Å². The smallest absolute Gasteiger partial charge is 0.171 e. The van der Waals surface area contributed by atoms with Crippen molar-refractivity contribution < 1.29 is 18.0 Å². The first kappa shape index (κ1) is 32.5. The summed E-state index contributed by atoms with van der Waals surface area (Å²) in [5, 5.41) is 7.42. The number of hydrogen-bond acceptors (Lipinski definition) is 4. The van der Waals surface area contributed by atoms with Crippen molar-refractivity contribution in [3.8, 4) is 11.1 Å². The molecule has 8 aromatic carbocycles. The van der Waals surface area contributed by atoms with Crippen LogP contribution in [0.4, 0.5) is 0 Å². The maximum atomic E-state index is 16.6. The van der Waals surface area contributed by atoms with Crippen LogP contribution < -0.4 is 31.8 Å². The van der Waals surface area contributed by atoms with Gasteiger partial charge in [-0.2, -0.15) is 0 Å². The van der Waals surface area contributed by atoms with Crippen molar-refractivity contribution in [2.75, 3.05) is 0 Å². The molecule has 0 saturated heterocycles. The number of fused-ring (bicyclic) bond motifs is 6. The molecule has 4 nitrogen and oxygen atoms in total. The Labute approximate surface area is 312 Å². The fourth-order valence-electron chi connectivity index (χ4n) is 8.05. The summed E-state index contributed by atoms with van der Waals surface area (Å²) in [6, 6.07) is 62.6. The first-order valence-electron chi connectivity index (χ1n) is 17.9. The molecule has 10 aromatic rings. The molecule has 0 spiro atoms. The van der Waals surface area contributed by atoms with Crippen LogP contribution in [0, 0.1) is 0 Å². The predicted molar refractivity (Wildman–Crippen MR) is 225 cm³/mol. The molecule has 0 saturated carbocycles. The van der Waals surface area contributed by atoms with Crippen LogP contribution in [0.15, 0.2) is 203 Å². The van der Waals surface area contributed by atoms with E-state index in [-0.39, 0.29) is 0 Å². The number of rotatable bonds is 7. The van der Waals surface area contributed by atoms with E-state index in [0.29, 0.717) is 65.3 Å². The Morgan fingerprint density at radius 3 is 0.926 bits per heavy atom. The molecule has 0 aliphatic heterocycles. The lowest BCUT2D eigenvalue weighted by molar-refractivity contribution is 0.591. The minimum Gasteiger partial charge on any atom is -0.456 e. The lowest BCUT2D eigenvalue weighted by Crippen LogP contribution is -2.30. The fourth-order valence-corrected chi connectivity index (χ4v) is 13.8. The fraction of sp³-hybridized carbons (Fsp3) is 0. The zero-order valence-electron chi connectivity index (χ0n) is 29.0. The molecule has 6 heteroatoms. The average Bonchev–Trinajstić information content (AvgIpc) is 3.82. The first-order chi connectivity index (χ1) is 26.6. The minimum atomic E-state index is -3.64. The second-order valence-electron chi connectivity index (χ2n) is 13.4. The van der Waals surface area contributed by atoms with Crippen LogP contribution in [0.2, 0.25) is 0 Å². The summed E-state index contributed by atoms with van der Waals surface area (Å²) in [4.78, 5) is 0. The van der Waals surface area contributed by atoms with E-state index in [0.717, 1.165) is 21.5 Å². The van der Waals surface area contributed by atoms with E-state index in [1.807, 2.05) is 194 Å². The minimum absolute atomic E-state index is 0.630. The molecule has 10 rings (SSSR count). The highest BCUT2D eigenvalue weighted by Crippen LogP contribution is 2.53. The largest absolute Gasteiger partial charge is 0.456 e. The Hall–Kier alpha value is -6.18. The normalized spacial score (nSPS) is 12.2. The summed E-state index contributed by atoms with van der Waals surface area (Å²) < 4.78 is 46.4. The molecule has 0 bridgehead atoms. The molecule has 2 aromatic heterocycles. The third-order valence-electron chi connectivity index (χ3n) is 10.5. The van der Waals surface area contributed by atoms with Gasteiger partial charge >= 0.3 is 0 Å². The van der Waals surface area contributed by atoms with E-state index in [1.54, 1.807) is 0 Å². The third kappa shape index (κ3) is 4.85. The zero-order valence-corrected chi connectivity index (χ0v) is 30.8. The highest BCUT2D eigenvalue weighted by molar-refractivity contribution is 7.86. The topological polar surface area (TPSA) is 60.4 Å². The van der Waals surface area contributed by atoms with Crippen LogP contribution in [0.3, 0.4) is 0 Å². The molecule has 0 atom stereocenters. The van der Waals surface area contributed by atoms with E-state index in [9.17, 15) is 0 Å². The molecule has 54 heavy (non-hydrogen) atoms. The monoisotopic (exact) mass is 734 g/mol. The highest BCUT2D eigenvalue weighted by Gasteiger charge is 2.39. The van der Waals surface area contributed by atoms with E-state index in [2.05, 4.69) is 0 Å². The van der Waals surface area contributed by atoms with Gasteiger partial charge in [-0.3, -0.25) is 0 Å². The Bertz CT molecular complexity index is 2800. The van der Waals surface area contributed by atoms with Crippen LogP contribution in [0.25, 0.3) is 55.0 Å². The quantitative estimate of drug-likeness (QED) is 0.153. The summed E-state index contributed by atoms with van der Waals surface area (Å²) in [6.07, 6.45) is 0. The number of benzene rings is 8. The molecule has 0 N–H and O–H groups in total. The van der Waals surface area contributed by atoms with Gasteiger partial charge in [-0.25, -0.2) is 0 Å². The summed E-state index contributed by atoms with van der Waals surface area (Å²) in [7, 11) is -7.27. The van der Waals surface area contributed by atoms with Gasteiger partial charge in [0.2, 0.25) is 0 Å². The SMILES string of the molecule is O=P(c1ccccc1)(c1ccccc1)c1ccc2oc3ccccc3c2c1-c1c(P(=O)(c2ccccc2)c2ccccc2)ccc2oc3ccccc3c12. The van der Waals surface area contributed by atoms with Crippen LogP contribution >= 0.6 is 14.3 Å². The van der Waals surface area contributed by atoms with E-state index in [1.165, 1.54) is 0 Å². The van der Waals surface area contributed by atoms with Gasteiger partial charge in [0, 0.05) is 64.5 Å². The van der Waals surface area contributed by atoms with Crippen molar-refractivity contribution in [3.63, 3.8) is 0 Å². The van der Waals surface area contributed by atoms with E-state index in [4.69, 9.17) is 8.83 Å². The number of hydrogen-bond donors (Lipinski definition) is 0. The Morgan fingerprint density at radius 2 is 0.593 bits per heavy atom. The number of furan rings is 2. The Balaban J connectivity index is 1.48. The van der Waals surface area contributed by atoms with Crippen molar-refractivity contribution in [2.24, 2.45) is 0 Å². The standard InChI is InChI=1S/C48H32O4P2/c49-53(33-17-5-1-6-18-33,34-19-7-2-8-20-34)43-31-29-41-45(37-25-13-15-27-39(37)51-41)47(43)48-44(32-30-42-46(48)38-26-14-16-28-40(38)52-42)54(50,35-21-9-3-10-22-35)36-23-11-4-12-24-36/h1-32H. The second kappa shape index (κ2) is 12.7. The highest BCUT2D eigenvalue weighted by atomic mass is 31.2. The van der Waals surface area contributed by atoms with Gasteiger partial charge in [0.05, 0.1) is 0 Å². The van der Waals surface area contributed by atoms with Crippen molar-refractivity contribution in [1.82, 2.24) is 0 Å². The maximum absolute atomic E-state index is 16.6. The maximum Gasteiger partial charge on any atom is 0.171 e. The van der Waals surface area contributed by atoms with Crippen molar-refractivity contribution in [2.45, 2.75) is 0 Å². The van der Waals surface area contributed by atoms with E-state index < -0.39 is 14.3 Å². The summed E-state index contributed by atoms with van der Waals surface area (Å²) in [5.74, 6) is 0. The zero-order chi connectivity index (χ0) is 36.3. The van der Waals surface area contributed by atoms with E-state index >= 15 is 9.13 Å². The molecule has 0 aliphatic carbocycles. The molecular weight excluding hydrogens is 702 g/mol. The summed E-state index contributed by atoms with van der Waals surface area (Å²) in [6.45, 7) is 0. The van der Waals surface area contributed by atoms with Crippen LogP contribution in [-0.4, -0.2) is 0 Å². The van der Waals surface area contributed by atoms with Crippen molar-refractivity contribution >= 4 is 90.0 Å². The van der Waals surface area contributed by atoms with Gasteiger partial charge < -0.3 is 18.0 Å². The molecule has 0 radical (unpaired) electrons. The average molecular weight is 735 g/mol. The van der Waals surface area contributed by atoms with Crippen molar-refractivity contribution in [1.29, 1.82) is 0 Å². The molecule has 0 fully saturated rings. The Kier molecular flexibility index (Phi) is 7.66. The molecule has 258 valence electrons. The number of para-hydroxylation sites is 2. The predicted octanol–water partition coefficient (Wildman–Crippen LogP) is 10.4. The molecule has 2 heterocycles. The second-order valence-corrected chi connectivity index (χ2v) is 18.9. The van der Waals surface area contributed by atoms with Crippen LogP contribution in [-0.2, 0) is 9.13 Å². The first-order valence-corrected chi connectivity index (χ1v) is 21.3. The van der Waals surface area contributed by atoms with Crippen molar-refractivity contribution in [3.05, 3.63) is 194 Å². The molecular formula is C48H32O4P2. The van der Waals surface area contributed by atoms with Gasteiger partial charge in [0.15, 0.2) is 14.3 Å². The van der Waals surface area contributed by atoms with Crippen LogP contribution in [0.1, 0.15) is 0 Å².